The van der Waals surface area contributed by atoms with E-state index in [2.05, 4.69) is 10.6 Å². The first-order valence-electron chi connectivity index (χ1n) is 7.65. The Morgan fingerprint density at radius 1 is 1.29 bits per heavy atom. The SMILES string of the molecule is O=C(CCNC(=O)c1ccsc1)NC1CCSc2ccc(F)cc21. The molecule has 0 radical (unpaired) electrons. The number of benzene rings is 1. The normalized spacial score (nSPS) is 16.3. The van der Waals surface area contributed by atoms with Crippen molar-refractivity contribution >= 4 is 34.9 Å². The fourth-order valence-electron chi connectivity index (χ4n) is 2.57. The molecule has 0 saturated heterocycles. The summed E-state index contributed by atoms with van der Waals surface area (Å²) in [6, 6.07) is 6.26. The molecule has 126 valence electrons. The van der Waals surface area contributed by atoms with Gasteiger partial charge >= 0.3 is 0 Å². The van der Waals surface area contributed by atoms with Gasteiger partial charge < -0.3 is 10.6 Å². The quantitative estimate of drug-likeness (QED) is 0.855. The van der Waals surface area contributed by atoms with Crippen molar-refractivity contribution < 1.29 is 14.0 Å². The van der Waals surface area contributed by atoms with Gasteiger partial charge in [0.15, 0.2) is 0 Å². The molecule has 1 aromatic heterocycles. The Morgan fingerprint density at radius 2 is 2.17 bits per heavy atom. The fourth-order valence-corrected chi connectivity index (χ4v) is 4.31. The zero-order valence-corrected chi connectivity index (χ0v) is 14.5. The van der Waals surface area contributed by atoms with Crippen LogP contribution in [0.15, 0.2) is 39.9 Å². The number of nitrogens with one attached hydrogen (secondary N) is 2. The molecule has 1 atom stereocenters. The highest BCUT2D eigenvalue weighted by Crippen LogP contribution is 2.36. The molecule has 1 unspecified atom stereocenters. The van der Waals surface area contributed by atoms with Crippen LogP contribution in [0.4, 0.5) is 4.39 Å². The molecule has 2 aromatic rings. The van der Waals surface area contributed by atoms with Gasteiger partial charge in [0.1, 0.15) is 5.82 Å². The number of carbonyl (C=O) groups is 2. The molecule has 3 rings (SSSR count). The minimum absolute atomic E-state index is 0.146. The van der Waals surface area contributed by atoms with E-state index in [0.29, 0.717) is 5.56 Å². The molecule has 2 amide bonds. The third-order valence-corrected chi connectivity index (χ3v) is 5.57. The Balaban J connectivity index is 1.51. The lowest BCUT2D eigenvalue weighted by molar-refractivity contribution is -0.121. The van der Waals surface area contributed by atoms with Crippen molar-refractivity contribution in [3.8, 4) is 0 Å². The molecule has 24 heavy (non-hydrogen) atoms. The zero-order chi connectivity index (χ0) is 16.9. The van der Waals surface area contributed by atoms with Gasteiger partial charge in [0.25, 0.3) is 5.91 Å². The lowest BCUT2D eigenvalue weighted by atomic mass is 10.0. The average Bonchev–Trinajstić information content (AvgIpc) is 3.10. The van der Waals surface area contributed by atoms with Crippen molar-refractivity contribution in [2.45, 2.75) is 23.8 Å². The van der Waals surface area contributed by atoms with Gasteiger partial charge in [-0.2, -0.15) is 11.3 Å². The molecular weight excluding hydrogens is 347 g/mol. The topological polar surface area (TPSA) is 58.2 Å². The van der Waals surface area contributed by atoms with Crippen LogP contribution in [0, 0.1) is 5.82 Å². The molecule has 0 saturated carbocycles. The predicted octanol–water partition coefficient (Wildman–Crippen LogP) is 3.36. The second kappa shape index (κ2) is 7.81. The Kier molecular flexibility index (Phi) is 5.52. The van der Waals surface area contributed by atoms with Crippen molar-refractivity contribution in [3.63, 3.8) is 0 Å². The van der Waals surface area contributed by atoms with Crippen LogP contribution in [0.5, 0.6) is 0 Å². The van der Waals surface area contributed by atoms with Crippen LogP contribution < -0.4 is 10.6 Å². The van der Waals surface area contributed by atoms with Gasteiger partial charge in [-0.1, -0.05) is 0 Å². The molecule has 0 fully saturated rings. The Bertz CT molecular complexity index is 734. The van der Waals surface area contributed by atoms with E-state index in [4.69, 9.17) is 0 Å². The summed E-state index contributed by atoms with van der Waals surface area (Å²) in [6.07, 6.45) is 0.971. The number of hydrogen-bond acceptors (Lipinski definition) is 4. The summed E-state index contributed by atoms with van der Waals surface area (Å²) in [5.74, 6) is 0.273. The van der Waals surface area contributed by atoms with Gasteiger partial charge in [0.05, 0.1) is 6.04 Å². The van der Waals surface area contributed by atoms with Crippen molar-refractivity contribution in [2.75, 3.05) is 12.3 Å². The molecule has 7 heteroatoms. The highest BCUT2D eigenvalue weighted by Gasteiger charge is 2.22. The molecular formula is C17H17FN2O2S2. The third-order valence-electron chi connectivity index (χ3n) is 3.77. The molecule has 1 aliphatic heterocycles. The first-order chi connectivity index (χ1) is 11.6. The van der Waals surface area contributed by atoms with Crippen LogP contribution in [-0.2, 0) is 4.79 Å². The van der Waals surface area contributed by atoms with Crippen LogP contribution >= 0.6 is 23.1 Å². The third kappa shape index (κ3) is 4.15. The zero-order valence-electron chi connectivity index (χ0n) is 12.9. The molecule has 0 bridgehead atoms. The van der Waals surface area contributed by atoms with Crippen LogP contribution in [-0.4, -0.2) is 24.1 Å². The van der Waals surface area contributed by atoms with Crippen LogP contribution in [0.3, 0.4) is 0 Å². The van der Waals surface area contributed by atoms with Crippen molar-refractivity contribution in [1.82, 2.24) is 10.6 Å². The minimum Gasteiger partial charge on any atom is -0.351 e. The van der Waals surface area contributed by atoms with E-state index in [1.807, 2.05) is 5.38 Å². The van der Waals surface area contributed by atoms with E-state index in [0.717, 1.165) is 22.6 Å². The van der Waals surface area contributed by atoms with E-state index >= 15 is 0 Å². The largest absolute Gasteiger partial charge is 0.351 e. The fraction of sp³-hybridized carbons (Fsp3) is 0.294. The first-order valence-corrected chi connectivity index (χ1v) is 9.58. The molecule has 2 heterocycles. The summed E-state index contributed by atoms with van der Waals surface area (Å²) in [6.45, 7) is 0.276. The maximum Gasteiger partial charge on any atom is 0.252 e. The molecule has 0 aliphatic carbocycles. The highest BCUT2D eigenvalue weighted by molar-refractivity contribution is 7.99. The summed E-state index contributed by atoms with van der Waals surface area (Å²) < 4.78 is 13.5. The number of rotatable bonds is 5. The second-order valence-electron chi connectivity index (χ2n) is 5.46. The molecule has 2 N–H and O–H groups in total. The standard InChI is InChI=1S/C17H17FN2O2S2/c18-12-1-2-15-13(9-12)14(5-8-24-15)20-16(21)3-6-19-17(22)11-4-7-23-10-11/h1-2,4,7,9-10,14H,3,5-6,8H2,(H,19,22)(H,20,21). The van der Waals surface area contributed by atoms with Crippen molar-refractivity contribution in [1.29, 1.82) is 0 Å². The number of halogens is 1. The lowest BCUT2D eigenvalue weighted by Gasteiger charge is -2.26. The van der Waals surface area contributed by atoms with E-state index in [1.54, 1.807) is 29.3 Å². The van der Waals surface area contributed by atoms with Gasteiger partial charge in [0.2, 0.25) is 5.91 Å². The van der Waals surface area contributed by atoms with Gasteiger partial charge in [-0.05, 0) is 41.6 Å². The number of amides is 2. The number of fused-ring (bicyclic) bond motifs is 1. The number of carbonyl (C=O) groups excluding carboxylic acids is 2. The summed E-state index contributed by atoms with van der Waals surface area (Å²) in [7, 11) is 0. The lowest BCUT2D eigenvalue weighted by Crippen LogP contribution is -2.34. The van der Waals surface area contributed by atoms with E-state index in [-0.39, 0.29) is 36.6 Å². The van der Waals surface area contributed by atoms with Gasteiger partial charge in [-0.15, -0.1) is 11.8 Å². The van der Waals surface area contributed by atoms with E-state index in [1.165, 1.54) is 23.5 Å². The van der Waals surface area contributed by atoms with Crippen LogP contribution in [0.25, 0.3) is 0 Å². The van der Waals surface area contributed by atoms with Crippen LogP contribution in [0.2, 0.25) is 0 Å². The number of thioether (sulfide) groups is 1. The van der Waals surface area contributed by atoms with Gasteiger partial charge in [0, 0.05) is 34.6 Å². The Hall–Kier alpha value is -1.86. The summed E-state index contributed by atoms with van der Waals surface area (Å²) in [5.41, 5.74) is 1.44. The summed E-state index contributed by atoms with van der Waals surface area (Å²) >= 11 is 3.13. The molecule has 1 aliphatic rings. The number of hydrogen-bond donors (Lipinski definition) is 2. The second-order valence-corrected chi connectivity index (χ2v) is 7.37. The predicted molar refractivity (Wildman–Crippen MR) is 93.9 cm³/mol. The Labute approximate surface area is 147 Å². The summed E-state index contributed by atoms with van der Waals surface area (Å²) in [5, 5.41) is 9.26. The first kappa shape index (κ1) is 17.0. The van der Waals surface area contributed by atoms with Crippen LogP contribution in [0.1, 0.15) is 34.8 Å². The molecule has 0 spiro atoms. The van der Waals surface area contributed by atoms with E-state index in [9.17, 15) is 14.0 Å². The average molecular weight is 364 g/mol. The van der Waals surface area contributed by atoms with E-state index < -0.39 is 0 Å². The van der Waals surface area contributed by atoms with Crippen molar-refractivity contribution in [3.05, 3.63) is 52.0 Å². The molecule has 4 nitrogen and oxygen atoms in total. The maximum atomic E-state index is 13.5. The molecule has 1 aromatic carbocycles. The smallest absolute Gasteiger partial charge is 0.252 e. The monoisotopic (exact) mass is 364 g/mol. The minimum atomic E-state index is -0.293. The Morgan fingerprint density at radius 3 is 2.96 bits per heavy atom. The number of thiophene rings is 1. The summed E-state index contributed by atoms with van der Waals surface area (Å²) in [4.78, 5) is 24.9. The van der Waals surface area contributed by atoms with Gasteiger partial charge in [-0.25, -0.2) is 4.39 Å². The highest BCUT2D eigenvalue weighted by atomic mass is 32.2. The van der Waals surface area contributed by atoms with Crippen molar-refractivity contribution in [2.24, 2.45) is 0 Å². The maximum absolute atomic E-state index is 13.5. The van der Waals surface area contributed by atoms with Gasteiger partial charge in [-0.3, -0.25) is 9.59 Å².